The van der Waals surface area contributed by atoms with E-state index in [-0.39, 0.29) is 0 Å². The second-order valence-electron chi connectivity index (χ2n) is 35.2. The molecule has 0 amide bonds. The van der Waals surface area contributed by atoms with E-state index >= 15 is 0 Å². The third kappa shape index (κ3) is 120. The van der Waals surface area contributed by atoms with Gasteiger partial charge in [0.05, 0.1) is 60.4 Å². The number of quaternary nitrogens is 3. The average molecular weight is 1500 g/mol. The molecule has 0 unspecified atom stereocenters. The van der Waals surface area contributed by atoms with Gasteiger partial charge < -0.3 is 29.8 Å². The molecule has 642 valence electrons. The normalized spacial score (nSPS) is 11.5. The van der Waals surface area contributed by atoms with Crippen molar-refractivity contribution in [3.05, 3.63) is 0 Å². The fourth-order valence-corrected chi connectivity index (χ4v) is 16.1. The summed E-state index contributed by atoms with van der Waals surface area (Å²) < 4.78 is 0. The van der Waals surface area contributed by atoms with Gasteiger partial charge in [-0.2, -0.15) is 0 Å². The Hall–Kier alpha value is -0.175. The van der Waals surface area contributed by atoms with E-state index in [4.69, 9.17) is 15.1 Å². The topological polar surface area (TPSA) is 82.5 Å². The number of rotatable bonds is 90. The van der Waals surface area contributed by atoms with Crippen LogP contribution in [0.15, 0.2) is 0 Å². The zero-order chi connectivity index (χ0) is 77.9. The highest BCUT2D eigenvalue weighted by Gasteiger charge is 2.07. The molecule has 0 aliphatic rings. The van der Waals surface area contributed by atoms with Crippen LogP contribution >= 0.6 is 0 Å². The van der Waals surface area contributed by atoms with Crippen molar-refractivity contribution >= 4 is 7.32 Å². The van der Waals surface area contributed by atoms with Gasteiger partial charge in [0.1, 0.15) is 0 Å². The quantitative estimate of drug-likeness (QED) is 0.0419. The minimum atomic E-state index is -2.92. The first-order chi connectivity index (χ1) is 52.2. The largest absolute Gasteiger partial charge is 0.907 e. The van der Waals surface area contributed by atoms with Crippen LogP contribution in [0.3, 0.4) is 0 Å². The first-order valence-corrected chi connectivity index (χ1v) is 50.6. The summed E-state index contributed by atoms with van der Waals surface area (Å²) in [5.41, 5.74) is 0. The Morgan fingerprint density at radius 1 is 0.123 bits per heavy atom. The van der Waals surface area contributed by atoms with Crippen molar-refractivity contribution in [2.24, 2.45) is 0 Å². The summed E-state index contributed by atoms with van der Waals surface area (Å²) in [5, 5.41) is 25.2. The summed E-state index contributed by atoms with van der Waals surface area (Å²) in [4.78, 5) is 5.33. The summed E-state index contributed by atoms with van der Waals surface area (Å²) >= 11 is 0. The van der Waals surface area contributed by atoms with Gasteiger partial charge in [0.25, 0.3) is 0 Å². The van der Waals surface area contributed by atoms with Gasteiger partial charge in [-0.25, -0.2) is 0 Å². The second-order valence-corrected chi connectivity index (χ2v) is 35.2. The second kappa shape index (κ2) is 109. The molecule has 0 bridgehead atoms. The molecule has 7 heteroatoms. The van der Waals surface area contributed by atoms with E-state index in [2.05, 4.69) is 62.7 Å². The van der Waals surface area contributed by atoms with Crippen molar-refractivity contribution in [1.82, 2.24) is 0 Å². The Labute approximate surface area is 674 Å². The molecular formula is C99H210BN3O3. The number of unbranched alkanes of at least 4 members (excludes halogenated alkanes) is 78. The maximum Gasteiger partial charge on any atom is 0.0768 e. The first-order valence-electron chi connectivity index (χ1n) is 50.6. The van der Waals surface area contributed by atoms with Crippen molar-refractivity contribution in [2.45, 2.75) is 581 Å². The van der Waals surface area contributed by atoms with Gasteiger partial charge in [0.2, 0.25) is 0 Å². The van der Waals surface area contributed by atoms with Gasteiger partial charge in [-0.3, -0.25) is 7.32 Å². The SMILES string of the molecule is CCCCCCCCCCCCCCCC[NH+](C)CCCCCCCCCCCCCCCC.CCCCCCCCCCCCCCCC[NH+](C)CCCCCCCCCCCCCCCC.CCCCCCCCCCCCCCCC[NH+](C)CCCCCCCCCCCCCCCC.[O-]B([O-])[O-]. The van der Waals surface area contributed by atoms with Crippen molar-refractivity contribution in [3.63, 3.8) is 0 Å². The molecule has 0 aliphatic carbocycles. The summed E-state index contributed by atoms with van der Waals surface area (Å²) in [5.74, 6) is 0. The minimum Gasteiger partial charge on any atom is -0.907 e. The lowest BCUT2D eigenvalue weighted by molar-refractivity contribution is -0.880. The van der Waals surface area contributed by atoms with Crippen molar-refractivity contribution in [3.8, 4) is 0 Å². The molecule has 0 atom stereocenters. The Balaban J connectivity index is -0.000000716. The van der Waals surface area contributed by atoms with Crippen LogP contribution in [0.4, 0.5) is 0 Å². The maximum absolute atomic E-state index is 8.42. The lowest BCUT2D eigenvalue weighted by Gasteiger charge is -2.35. The van der Waals surface area contributed by atoms with Gasteiger partial charge in [-0.1, -0.05) is 504 Å². The van der Waals surface area contributed by atoms with E-state index in [1.165, 1.54) is 579 Å². The Morgan fingerprint density at radius 3 is 0.245 bits per heavy atom. The molecule has 0 aromatic heterocycles. The Kier molecular flexibility index (Phi) is 115. The van der Waals surface area contributed by atoms with Gasteiger partial charge in [0.15, 0.2) is 0 Å². The van der Waals surface area contributed by atoms with Crippen LogP contribution in [-0.2, 0) is 0 Å². The van der Waals surface area contributed by atoms with Gasteiger partial charge >= 0.3 is 0 Å². The Bertz CT molecular complexity index is 1150. The molecule has 0 aromatic carbocycles. The van der Waals surface area contributed by atoms with E-state index in [0.29, 0.717) is 0 Å². The molecule has 0 heterocycles. The van der Waals surface area contributed by atoms with Crippen LogP contribution < -0.4 is 29.8 Å². The van der Waals surface area contributed by atoms with E-state index in [1.54, 1.807) is 14.7 Å². The molecule has 0 aromatic rings. The highest BCUT2D eigenvalue weighted by Crippen LogP contribution is 2.20. The van der Waals surface area contributed by atoms with E-state index in [9.17, 15) is 0 Å². The van der Waals surface area contributed by atoms with E-state index < -0.39 is 7.32 Å². The fourth-order valence-electron chi connectivity index (χ4n) is 16.1. The van der Waals surface area contributed by atoms with Crippen LogP contribution in [0.5, 0.6) is 0 Å². The zero-order valence-electron chi connectivity index (χ0n) is 75.9. The van der Waals surface area contributed by atoms with Crippen LogP contribution in [-0.4, -0.2) is 67.7 Å². The van der Waals surface area contributed by atoms with Crippen LogP contribution in [0.2, 0.25) is 0 Å². The third-order valence-electron chi connectivity index (χ3n) is 23.7. The summed E-state index contributed by atoms with van der Waals surface area (Å²) in [6, 6.07) is 0. The third-order valence-corrected chi connectivity index (χ3v) is 23.7. The molecular weight excluding hydrogens is 1290 g/mol. The predicted octanol–water partition coefficient (Wildman–Crippen LogP) is 27.4. The molecule has 0 spiro atoms. The first kappa shape index (κ1) is 112. The lowest BCUT2D eigenvalue weighted by Crippen LogP contribution is -3.09. The maximum atomic E-state index is 8.42. The minimum absolute atomic E-state index is 1.37. The number of nitrogens with one attached hydrogen (secondary N) is 3. The van der Waals surface area contributed by atoms with E-state index in [0.717, 1.165) is 0 Å². The predicted molar refractivity (Wildman–Crippen MR) is 477 cm³/mol. The van der Waals surface area contributed by atoms with Crippen molar-refractivity contribution in [2.75, 3.05) is 60.4 Å². The highest BCUT2D eigenvalue weighted by atomic mass is 16.5. The van der Waals surface area contributed by atoms with Crippen molar-refractivity contribution in [1.29, 1.82) is 0 Å². The summed E-state index contributed by atoms with van der Waals surface area (Å²) in [6.45, 7) is 22.2. The fraction of sp³-hybridized carbons (Fsp3) is 1.00. The van der Waals surface area contributed by atoms with Gasteiger partial charge in [-0.05, 0) is 77.0 Å². The lowest BCUT2D eigenvalue weighted by atomic mass is 10.0. The molecule has 6 nitrogen and oxygen atoms in total. The number of hydrogen-bond acceptors (Lipinski definition) is 3. The highest BCUT2D eigenvalue weighted by molar-refractivity contribution is 6.24. The molecule has 0 fully saturated rings. The van der Waals surface area contributed by atoms with Crippen LogP contribution in [0.25, 0.3) is 0 Å². The van der Waals surface area contributed by atoms with Crippen molar-refractivity contribution < 1.29 is 29.8 Å². The molecule has 106 heavy (non-hydrogen) atoms. The smallest absolute Gasteiger partial charge is 0.0768 e. The molecule has 0 aliphatic heterocycles. The Morgan fingerprint density at radius 2 is 0.179 bits per heavy atom. The molecule has 3 N–H and O–H groups in total. The van der Waals surface area contributed by atoms with Crippen LogP contribution in [0.1, 0.15) is 581 Å². The summed E-state index contributed by atoms with van der Waals surface area (Å²) in [6.07, 6.45) is 123. The standard InChI is InChI=1S/3C33H69N.BO3/c3*1-4-6-8-10-12-14-16-18-20-22-24-26-28-30-32-34(3)33-31-29-27-25-23-21-19-17-15-13-11-9-7-5-2;2-1(3)4/h3*4-33H2,1-3H3;/q;;;-3/p+3. The molecule has 0 saturated heterocycles. The molecule has 0 rings (SSSR count). The van der Waals surface area contributed by atoms with E-state index in [1.807, 2.05) is 0 Å². The van der Waals surface area contributed by atoms with Gasteiger partial charge in [0, 0.05) is 0 Å². The average Bonchev–Trinajstić information content (AvgIpc) is 3.03. The molecule has 0 radical (unpaired) electrons. The van der Waals surface area contributed by atoms with Crippen LogP contribution in [0, 0.1) is 0 Å². The summed E-state index contributed by atoms with van der Waals surface area (Å²) in [7, 11) is 4.35. The van der Waals surface area contributed by atoms with Gasteiger partial charge in [-0.15, -0.1) is 0 Å². The monoisotopic (exact) mass is 1500 g/mol. The number of hydrogen-bond donors (Lipinski definition) is 3. The molecule has 0 saturated carbocycles. The zero-order valence-corrected chi connectivity index (χ0v) is 75.9.